The quantitative estimate of drug-likeness (QED) is 0.708. The Morgan fingerprint density at radius 1 is 1.40 bits per heavy atom. The average Bonchev–Trinajstić information content (AvgIpc) is 2.34. The van der Waals surface area contributed by atoms with Gasteiger partial charge in [-0.2, -0.15) is 0 Å². The number of hydrogen-bond acceptors (Lipinski definition) is 4. The van der Waals surface area contributed by atoms with Crippen LogP contribution < -0.4 is 16.4 Å². The first-order valence-electron chi connectivity index (χ1n) is 7.28. The van der Waals surface area contributed by atoms with Gasteiger partial charge >= 0.3 is 6.03 Å². The van der Waals surface area contributed by atoms with E-state index < -0.39 is 6.03 Å². The summed E-state index contributed by atoms with van der Waals surface area (Å²) in [6.07, 6.45) is 2.24. The van der Waals surface area contributed by atoms with Gasteiger partial charge in [0.1, 0.15) is 0 Å². The van der Waals surface area contributed by atoms with Crippen LogP contribution in [0.5, 0.6) is 0 Å². The molecule has 0 saturated carbocycles. The van der Waals surface area contributed by atoms with E-state index in [0.717, 1.165) is 26.1 Å². The van der Waals surface area contributed by atoms with E-state index in [4.69, 9.17) is 5.73 Å². The van der Waals surface area contributed by atoms with Crippen LogP contribution in [0.25, 0.3) is 0 Å². The molecule has 0 radical (unpaired) electrons. The molecule has 0 spiro atoms. The summed E-state index contributed by atoms with van der Waals surface area (Å²) in [5.41, 5.74) is 5.09. The minimum Gasteiger partial charge on any atom is -0.351 e. The molecular formula is C14H28N4O2. The van der Waals surface area contributed by atoms with Gasteiger partial charge < -0.3 is 11.1 Å². The highest BCUT2D eigenvalue weighted by molar-refractivity contribution is 5.96. The van der Waals surface area contributed by atoms with Crippen molar-refractivity contribution in [2.24, 2.45) is 11.7 Å². The number of rotatable bonds is 4. The Balaban J connectivity index is 2.47. The van der Waals surface area contributed by atoms with Gasteiger partial charge in [0, 0.05) is 12.1 Å². The molecule has 1 heterocycles. The summed E-state index contributed by atoms with van der Waals surface area (Å²) in [7, 11) is 0. The molecule has 0 aromatic rings. The summed E-state index contributed by atoms with van der Waals surface area (Å²) in [4.78, 5) is 24.7. The molecule has 1 aliphatic heterocycles. The molecule has 3 amide bonds. The van der Waals surface area contributed by atoms with E-state index in [1.807, 2.05) is 6.92 Å². The number of primary amides is 1. The third-order valence-corrected chi connectivity index (χ3v) is 3.65. The van der Waals surface area contributed by atoms with Crippen molar-refractivity contribution in [2.45, 2.75) is 52.1 Å². The maximum Gasteiger partial charge on any atom is 0.318 e. The highest BCUT2D eigenvalue weighted by atomic mass is 16.2. The van der Waals surface area contributed by atoms with Crippen LogP contribution in [0.4, 0.5) is 4.79 Å². The highest BCUT2D eigenvalue weighted by Crippen LogP contribution is 2.18. The van der Waals surface area contributed by atoms with E-state index in [1.165, 1.54) is 6.42 Å². The molecule has 1 rings (SSSR count). The molecule has 2 unspecified atom stereocenters. The normalized spacial score (nSPS) is 22.3. The summed E-state index contributed by atoms with van der Waals surface area (Å²) in [6.45, 7) is 11.0. The van der Waals surface area contributed by atoms with Crippen LogP contribution in [0.3, 0.4) is 0 Å². The maximum atomic E-state index is 11.8. The second kappa shape index (κ2) is 7.04. The fourth-order valence-corrected chi connectivity index (χ4v) is 2.46. The van der Waals surface area contributed by atoms with E-state index in [1.54, 1.807) is 0 Å². The Morgan fingerprint density at radius 2 is 2.05 bits per heavy atom. The van der Waals surface area contributed by atoms with Crippen molar-refractivity contribution < 1.29 is 9.59 Å². The van der Waals surface area contributed by atoms with E-state index in [0.29, 0.717) is 5.92 Å². The van der Waals surface area contributed by atoms with E-state index in [9.17, 15) is 9.59 Å². The van der Waals surface area contributed by atoms with Crippen LogP contribution in [-0.4, -0.2) is 48.1 Å². The lowest BCUT2D eigenvalue weighted by atomic mass is 9.95. The van der Waals surface area contributed by atoms with Gasteiger partial charge in [-0.3, -0.25) is 15.0 Å². The second-order valence-electron chi connectivity index (χ2n) is 6.66. The first kappa shape index (κ1) is 16.9. The van der Waals surface area contributed by atoms with Crippen molar-refractivity contribution in [1.82, 2.24) is 15.5 Å². The second-order valence-corrected chi connectivity index (χ2v) is 6.66. The standard InChI is InChI=1S/C14H28N4O2/c1-10(12(19)17-13(15)20)18-7-5-6-11(9-18)8-16-14(2,3)4/h10-11,16H,5-9H2,1-4H3,(H3,15,17,19,20). The van der Waals surface area contributed by atoms with Gasteiger partial charge in [-0.15, -0.1) is 0 Å². The number of hydrogen-bond donors (Lipinski definition) is 3. The Morgan fingerprint density at radius 3 is 2.60 bits per heavy atom. The van der Waals surface area contributed by atoms with E-state index >= 15 is 0 Å². The zero-order valence-electron chi connectivity index (χ0n) is 13.0. The zero-order valence-corrected chi connectivity index (χ0v) is 13.0. The Bertz CT molecular complexity index is 352. The van der Waals surface area contributed by atoms with E-state index in [-0.39, 0.29) is 17.5 Å². The number of carbonyl (C=O) groups is 2. The Labute approximate surface area is 121 Å². The number of piperidine rings is 1. The number of nitrogens with two attached hydrogens (primary N) is 1. The largest absolute Gasteiger partial charge is 0.351 e. The smallest absolute Gasteiger partial charge is 0.318 e. The van der Waals surface area contributed by atoms with Crippen molar-refractivity contribution in [3.05, 3.63) is 0 Å². The molecule has 0 aromatic heterocycles. The number of likely N-dealkylation sites (tertiary alicyclic amines) is 1. The number of nitrogens with one attached hydrogen (secondary N) is 2. The molecule has 6 nitrogen and oxygen atoms in total. The van der Waals surface area contributed by atoms with E-state index in [2.05, 4.69) is 36.3 Å². The van der Waals surface area contributed by atoms with Crippen molar-refractivity contribution in [3.8, 4) is 0 Å². The van der Waals surface area contributed by atoms with Crippen LogP contribution in [-0.2, 0) is 4.79 Å². The molecule has 4 N–H and O–H groups in total. The lowest BCUT2D eigenvalue weighted by Crippen LogP contribution is -2.52. The number of nitrogens with zero attached hydrogens (tertiary/aromatic N) is 1. The van der Waals surface area contributed by atoms with Gasteiger partial charge in [0.2, 0.25) is 5.91 Å². The zero-order chi connectivity index (χ0) is 15.3. The predicted octanol–water partition coefficient (Wildman–Crippen LogP) is 0.670. The summed E-state index contributed by atoms with van der Waals surface area (Å²) in [5.74, 6) is 0.216. The molecule has 0 bridgehead atoms. The Kier molecular flexibility index (Phi) is 5.95. The third kappa shape index (κ3) is 5.88. The van der Waals surface area contributed by atoms with Crippen LogP contribution >= 0.6 is 0 Å². The van der Waals surface area contributed by atoms with Crippen molar-refractivity contribution in [2.75, 3.05) is 19.6 Å². The molecule has 0 aromatic carbocycles. The SMILES string of the molecule is CC(C(=O)NC(N)=O)N1CCCC(CNC(C)(C)C)C1. The number of amides is 3. The van der Waals surface area contributed by atoms with Gasteiger partial charge in [0.25, 0.3) is 0 Å². The number of imide groups is 1. The summed E-state index contributed by atoms with van der Waals surface area (Å²) in [6, 6.07) is -1.11. The van der Waals surface area contributed by atoms with Crippen molar-refractivity contribution in [1.29, 1.82) is 0 Å². The lowest BCUT2D eigenvalue weighted by Gasteiger charge is -2.37. The van der Waals surface area contributed by atoms with Crippen LogP contribution in [0.15, 0.2) is 0 Å². The van der Waals surface area contributed by atoms with Crippen molar-refractivity contribution in [3.63, 3.8) is 0 Å². The predicted molar refractivity (Wildman–Crippen MR) is 79.2 cm³/mol. The minimum atomic E-state index is -0.787. The topological polar surface area (TPSA) is 87.5 Å². The summed E-state index contributed by atoms with van der Waals surface area (Å²) < 4.78 is 0. The summed E-state index contributed by atoms with van der Waals surface area (Å²) >= 11 is 0. The summed E-state index contributed by atoms with van der Waals surface area (Å²) in [5, 5.41) is 5.66. The molecule has 116 valence electrons. The van der Waals surface area contributed by atoms with Gasteiger partial charge in [0.05, 0.1) is 6.04 Å². The van der Waals surface area contributed by atoms with Gasteiger partial charge in [-0.05, 0) is 59.5 Å². The average molecular weight is 284 g/mol. The molecule has 6 heteroatoms. The van der Waals surface area contributed by atoms with Gasteiger partial charge in [0.15, 0.2) is 0 Å². The molecular weight excluding hydrogens is 256 g/mol. The highest BCUT2D eigenvalue weighted by Gasteiger charge is 2.28. The monoisotopic (exact) mass is 284 g/mol. The third-order valence-electron chi connectivity index (χ3n) is 3.65. The van der Waals surface area contributed by atoms with Crippen molar-refractivity contribution >= 4 is 11.9 Å². The maximum absolute atomic E-state index is 11.8. The molecule has 1 saturated heterocycles. The van der Waals surface area contributed by atoms with Crippen LogP contribution in [0.2, 0.25) is 0 Å². The molecule has 1 aliphatic rings. The first-order chi connectivity index (χ1) is 9.19. The molecule has 1 fully saturated rings. The number of urea groups is 1. The fourth-order valence-electron chi connectivity index (χ4n) is 2.46. The first-order valence-corrected chi connectivity index (χ1v) is 7.28. The fraction of sp³-hybridized carbons (Fsp3) is 0.857. The molecule has 20 heavy (non-hydrogen) atoms. The lowest BCUT2D eigenvalue weighted by molar-refractivity contribution is -0.125. The van der Waals surface area contributed by atoms with Gasteiger partial charge in [-0.1, -0.05) is 0 Å². The molecule has 0 aliphatic carbocycles. The molecule has 2 atom stereocenters. The number of carbonyl (C=O) groups excluding carboxylic acids is 2. The van der Waals surface area contributed by atoms with Crippen LogP contribution in [0.1, 0.15) is 40.5 Å². The minimum absolute atomic E-state index is 0.108. The van der Waals surface area contributed by atoms with Gasteiger partial charge in [-0.25, -0.2) is 4.79 Å². The Hall–Kier alpha value is -1.14. The van der Waals surface area contributed by atoms with Crippen LogP contribution in [0, 0.1) is 5.92 Å².